The van der Waals surface area contributed by atoms with Gasteiger partial charge in [0.05, 0.1) is 16.5 Å². The number of nitrogens with zero attached hydrogens (tertiary/aromatic N) is 1. The molecule has 0 saturated carbocycles. The molecule has 0 aromatic heterocycles. The number of sulfonamides is 1. The van der Waals surface area contributed by atoms with E-state index in [0.29, 0.717) is 30.2 Å². The van der Waals surface area contributed by atoms with Gasteiger partial charge < -0.3 is 19.5 Å². The molecule has 4 rings (SSSR count). The van der Waals surface area contributed by atoms with Gasteiger partial charge in [-0.1, -0.05) is 18.6 Å². The van der Waals surface area contributed by atoms with Crippen molar-refractivity contribution in [2.24, 2.45) is 0 Å². The standard InChI is InChI=1S/C24H28N2O7S/c1-16-6-7-19(13-22(16)34(29,30)26-10-4-3-5-11-26)24(28)31-14-23(27)25-17(2)18-8-9-20-21(12-18)33-15-32-20/h6-9,12-13,17H,3-5,10-11,14-15H2,1-2H3,(H,25,27)/t17-/m1/s1. The van der Waals surface area contributed by atoms with Crippen LogP contribution in [-0.4, -0.2) is 51.1 Å². The van der Waals surface area contributed by atoms with Crippen molar-refractivity contribution in [1.29, 1.82) is 0 Å². The summed E-state index contributed by atoms with van der Waals surface area (Å²) in [6, 6.07) is 9.44. The minimum Gasteiger partial charge on any atom is -0.454 e. The van der Waals surface area contributed by atoms with Gasteiger partial charge in [0.2, 0.25) is 16.8 Å². The van der Waals surface area contributed by atoms with Crippen molar-refractivity contribution in [1.82, 2.24) is 9.62 Å². The predicted octanol–water partition coefficient (Wildman–Crippen LogP) is 2.93. The normalized spacial score (nSPS) is 16.6. The van der Waals surface area contributed by atoms with Crippen LogP contribution in [0.25, 0.3) is 0 Å². The Hall–Kier alpha value is -3.11. The van der Waals surface area contributed by atoms with Crippen molar-refractivity contribution in [3.63, 3.8) is 0 Å². The lowest BCUT2D eigenvalue weighted by molar-refractivity contribution is -0.124. The third kappa shape index (κ3) is 5.18. The van der Waals surface area contributed by atoms with Crippen LogP contribution in [0.15, 0.2) is 41.3 Å². The third-order valence-electron chi connectivity index (χ3n) is 5.97. The van der Waals surface area contributed by atoms with Crippen molar-refractivity contribution >= 4 is 21.9 Å². The van der Waals surface area contributed by atoms with Crippen molar-refractivity contribution in [3.05, 3.63) is 53.1 Å². The van der Waals surface area contributed by atoms with Gasteiger partial charge in [0, 0.05) is 13.1 Å². The first-order valence-corrected chi connectivity index (χ1v) is 12.7. The number of aryl methyl sites for hydroxylation is 1. The van der Waals surface area contributed by atoms with Gasteiger partial charge in [0.25, 0.3) is 5.91 Å². The quantitative estimate of drug-likeness (QED) is 0.597. The molecule has 2 aromatic carbocycles. The van der Waals surface area contributed by atoms with E-state index < -0.39 is 28.5 Å². The Bertz CT molecular complexity index is 1190. The third-order valence-corrected chi connectivity index (χ3v) is 8.01. The van der Waals surface area contributed by atoms with Gasteiger partial charge in [0.15, 0.2) is 18.1 Å². The molecule has 9 nitrogen and oxygen atoms in total. The summed E-state index contributed by atoms with van der Waals surface area (Å²) in [5, 5.41) is 2.77. The molecule has 0 aliphatic carbocycles. The zero-order chi connectivity index (χ0) is 24.3. The maximum Gasteiger partial charge on any atom is 0.338 e. The summed E-state index contributed by atoms with van der Waals surface area (Å²) in [6.07, 6.45) is 2.65. The monoisotopic (exact) mass is 488 g/mol. The number of piperidine rings is 1. The van der Waals surface area contributed by atoms with Crippen molar-refractivity contribution in [2.75, 3.05) is 26.5 Å². The van der Waals surface area contributed by atoms with Gasteiger partial charge in [0.1, 0.15) is 0 Å². The number of esters is 1. The molecule has 2 aliphatic heterocycles. The maximum atomic E-state index is 13.1. The zero-order valence-corrected chi connectivity index (χ0v) is 20.0. The average molecular weight is 489 g/mol. The number of nitrogens with one attached hydrogen (secondary N) is 1. The summed E-state index contributed by atoms with van der Waals surface area (Å²) in [5.41, 5.74) is 1.45. The minimum atomic E-state index is -3.70. The topological polar surface area (TPSA) is 111 Å². The molecule has 1 N–H and O–H groups in total. The number of benzene rings is 2. The molecule has 1 atom stereocenters. The number of carbonyl (C=O) groups is 2. The summed E-state index contributed by atoms with van der Waals surface area (Å²) >= 11 is 0. The van der Waals surface area contributed by atoms with E-state index in [-0.39, 0.29) is 23.3 Å². The Morgan fingerprint density at radius 1 is 1.06 bits per heavy atom. The summed E-state index contributed by atoms with van der Waals surface area (Å²) in [6.45, 7) is 4.10. The van der Waals surface area contributed by atoms with E-state index in [4.69, 9.17) is 14.2 Å². The van der Waals surface area contributed by atoms with E-state index in [2.05, 4.69) is 5.32 Å². The Labute approximate surface area is 199 Å². The predicted molar refractivity (Wildman–Crippen MR) is 123 cm³/mol. The largest absolute Gasteiger partial charge is 0.454 e. The fourth-order valence-electron chi connectivity index (χ4n) is 4.01. The van der Waals surface area contributed by atoms with Crippen molar-refractivity contribution in [3.8, 4) is 11.5 Å². The highest BCUT2D eigenvalue weighted by Crippen LogP contribution is 2.34. The van der Waals surface area contributed by atoms with E-state index in [1.807, 2.05) is 6.07 Å². The summed E-state index contributed by atoms with van der Waals surface area (Å²) < 4.78 is 43.4. The van der Waals surface area contributed by atoms with Crippen LogP contribution >= 0.6 is 0 Å². The number of hydrogen-bond acceptors (Lipinski definition) is 7. The molecule has 0 radical (unpaired) electrons. The van der Waals surface area contributed by atoms with E-state index in [0.717, 1.165) is 24.8 Å². The second-order valence-electron chi connectivity index (χ2n) is 8.42. The molecule has 1 saturated heterocycles. The number of carbonyl (C=O) groups excluding carboxylic acids is 2. The van der Waals surface area contributed by atoms with Gasteiger partial charge in [-0.15, -0.1) is 0 Å². The van der Waals surface area contributed by atoms with E-state index >= 15 is 0 Å². The van der Waals surface area contributed by atoms with Gasteiger partial charge in [-0.2, -0.15) is 4.31 Å². The number of ether oxygens (including phenoxy) is 3. The van der Waals surface area contributed by atoms with E-state index in [1.54, 1.807) is 32.0 Å². The Morgan fingerprint density at radius 2 is 1.79 bits per heavy atom. The second-order valence-corrected chi connectivity index (χ2v) is 10.3. The maximum absolute atomic E-state index is 13.1. The first-order valence-electron chi connectivity index (χ1n) is 11.2. The van der Waals surface area contributed by atoms with Gasteiger partial charge >= 0.3 is 5.97 Å². The van der Waals surface area contributed by atoms with Crippen LogP contribution in [-0.2, 0) is 19.6 Å². The minimum absolute atomic E-state index is 0.0813. The lowest BCUT2D eigenvalue weighted by Gasteiger charge is -2.26. The van der Waals surface area contributed by atoms with Crippen LogP contribution in [0.3, 0.4) is 0 Å². The summed E-state index contributed by atoms with van der Waals surface area (Å²) in [7, 11) is -3.70. The highest BCUT2D eigenvalue weighted by atomic mass is 32.2. The Kier molecular flexibility index (Phi) is 7.08. The number of amides is 1. The molecule has 2 aliphatic rings. The van der Waals surface area contributed by atoms with Crippen LogP contribution in [0.4, 0.5) is 0 Å². The van der Waals surface area contributed by atoms with Crippen LogP contribution in [0, 0.1) is 6.92 Å². The molecule has 1 fully saturated rings. The van der Waals surface area contributed by atoms with Crippen molar-refractivity contribution in [2.45, 2.75) is 44.0 Å². The van der Waals surface area contributed by atoms with E-state index in [9.17, 15) is 18.0 Å². The summed E-state index contributed by atoms with van der Waals surface area (Å²) in [5.74, 6) is 0.0171. The number of hydrogen-bond donors (Lipinski definition) is 1. The lowest BCUT2D eigenvalue weighted by atomic mass is 10.1. The number of rotatable bonds is 7. The molecule has 0 spiro atoms. The highest BCUT2D eigenvalue weighted by Gasteiger charge is 2.28. The van der Waals surface area contributed by atoms with Crippen LogP contribution in [0.1, 0.15) is 53.7 Å². The van der Waals surface area contributed by atoms with Crippen molar-refractivity contribution < 1.29 is 32.2 Å². The second kappa shape index (κ2) is 10.0. The molecule has 2 heterocycles. The summed E-state index contributed by atoms with van der Waals surface area (Å²) in [4.78, 5) is 25.0. The zero-order valence-electron chi connectivity index (χ0n) is 19.2. The smallest absolute Gasteiger partial charge is 0.338 e. The molecule has 10 heteroatoms. The fourth-order valence-corrected chi connectivity index (χ4v) is 5.78. The molecular weight excluding hydrogens is 460 g/mol. The molecule has 0 unspecified atom stereocenters. The molecule has 0 bridgehead atoms. The lowest BCUT2D eigenvalue weighted by Crippen LogP contribution is -2.36. The molecular formula is C24H28N2O7S. The fraction of sp³-hybridized carbons (Fsp3) is 0.417. The number of fused-ring (bicyclic) bond motifs is 1. The van der Waals surface area contributed by atoms with Crippen LogP contribution < -0.4 is 14.8 Å². The van der Waals surface area contributed by atoms with Gasteiger partial charge in [-0.3, -0.25) is 4.79 Å². The molecule has 1 amide bonds. The first-order chi connectivity index (χ1) is 16.3. The highest BCUT2D eigenvalue weighted by molar-refractivity contribution is 7.89. The first kappa shape index (κ1) is 24.0. The SMILES string of the molecule is Cc1ccc(C(=O)OCC(=O)N[C@H](C)c2ccc3c(c2)OCO3)cc1S(=O)(=O)N1CCCCC1. The van der Waals surface area contributed by atoms with Crippen LogP contribution in [0.2, 0.25) is 0 Å². The average Bonchev–Trinajstić information content (AvgIpc) is 3.31. The molecule has 182 valence electrons. The van der Waals surface area contributed by atoms with E-state index in [1.165, 1.54) is 16.4 Å². The van der Waals surface area contributed by atoms with Gasteiger partial charge in [-0.05, 0) is 62.1 Å². The van der Waals surface area contributed by atoms with Gasteiger partial charge in [-0.25, -0.2) is 13.2 Å². The molecule has 34 heavy (non-hydrogen) atoms. The Balaban J connectivity index is 1.37. The Morgan fingerprint density at radius 3 is 2.56 bits per heavy atom. The van der Waals surface area contributed by atoms with Crippen LogP contribution in [0.5, 0.6) is 11.5 Å². The molecule has 2 aromatic rings.